The quantitative estimate of drug-likeness (QED) is 0.915. The van der Waals surface area contributed by atoms with Crippen molar-refractivity contribution in [2.75, 3.05) is 5.32 Å². The second-order valence-corrected chi connectivity index (χ2v) is 4.29. The zero-order valence-electron chi connectivity index (χ0n) is 7.78. The number of nitrogens with one attached hydrogen (secondary N) is 1. The zero-order valence-corrected chi connectivity index (χ0v) is 10.1. The Kier molecular flexibility index (Phi) is 3.38. The van der Waals surface area contributed by atoms with Gasteiger partial charge in [0, 0.05) is 6.20 Å². The molecule has 1 N–H and O–H groups in total. The number of rotatable bonds is 2. The van der Waals surface area contributed by atoms with E-state index in [1.807, 2.05) is 0 Å². The van der Waals surface area contributed by atoms with Crippen molar-refractivity contribution < 1.29 is 4.79 Å². The lowest BCUT2D eigenvalue weighted by molar-refractivity contribution is 0.103. The van der Waals surface area contributed by atoms with E-state index in [1.165, 1.54) is 0 Å². The Morgan fingerprint density at radius 3 is 2.75 bits per heavy atom. The number of nitrogens with zero attached hydrogens (tertiary/aromatic N) is 2. The summed E-state index contributed by atoms with van der Waals surface area (Å²) in [6, 6.07) is 5.20. The third-order valence-corrected chi connectivity index (χ3v) is 3.51. The first kappa shape index (κ1) is 11.3. The zero-order chi connectivity index (χ0) is 11.5. The number of aromatic nitrogens is 2. The molecule has 0 aliphatic heterocycles. The minimum absolute atomic E-state index is 0.137. The molecule has 0 spiro atoms. The van der Waals surface area contributed by atoms with Gasteiger partial charge in [-0.05, 0) is 23.7 Å². The van der Waals surface area contributed by atoms with E-state index in [9.17, 15) is 4.79 Å². The number of pyridine rings is 1. The molecular weight excluding hydrogens is 269 g/mol. The topological polar surface area (TPSA) is 54.9 Å². The van der Waals surface area contributed by atoms with E-state index in [1.54, 1.807) is 24.4 Å². The molecule has 0 unspecified atom stereocenters. The first-order chi connectivity index (χ1) is 7.68. The molecule has 0 aliphatic rings. The minimum Gasteiger partial charge on any atom is -0.306 e. The third kappa shape index (κ3) is 2.32. The highest BCUT2D eigenvalue weighted by Crippen LogP contribution is 2.28. The first-order valence-electron chi connectivity index (χ1n) is 4.21. The Morgan fingerprint density at radius 2 is 2.19 bits per heavy atom. The maximum absolute atomic E-state index is 11.7. The molecule has 0 bridgehead atoms. The molecule has 0 saturated heterocycles. The number of hydrogen-bond donors (Lipinski definition) is 1. The number of carbonyl (C=O) groups is 1. The van der Waals surface area contributed by atoms with Crippen LogP contribution in [0.1, 0.15) is 9.67 Å². The van der Waals surface area contributed by atoms with Gasteiger partial charge in [-0.25, -0.2) is 4.98 Å². The van der Waals surface area contributed by atoms with Gasteiger partial charge in [0.15, 0.2) is 5.15 Å². The number of carbonyl (C=O) groups excluding carboxylic acids is 1. The second kappa shape index (κ2) is 4.78. The Balaban J connectivity index is 2.18. The lowest BCUT2D eigenvalue weighted by Crippen LogP contribution is -2.11. The van der Waals surface area contributed by atoms with E-state index < -0.39 is 0 Å². The predicted molar refractivity (Wildman–Crippen MR) is 64.3 cm³/mol. The van der Waals surface area contributed by atoms with Gasteiger partial charge < -0.3 is 5.32 Å². The molecular formula is C9H5Cl2N3OS. The van der Waals surface area contributed by atoms with Crippen molar-refractivity contribution in [3.8, 4) is 0 Å². The van der Waals surface area contributed by atoms with Crippen molar-refractivity contribution >= 4 is 46.5 Å². The number of hydrogen-bond acceptors (Lipinski definition) is 4. The molecule has 0 saturated carbocycles. The van der Waals surface area contributed by atoms with Crippen LogP contribution < -0.4 is 5.32 Å². The van der Waals surface area contributed by atoms with E-state index in [0.29, 0.717) is 5.82 Å². The van der Waals surface area contributed by atoms with Crippen molar-refractivity contribution in [2.24, 2.45) is 0 Å². The van der Waals surface area contributed by atoms with Gasteiger partial charge in [-0.1, -0.05) is 29.3 Å². The van der Waals surface area contributed by atoms with Crippen molar-refractivity contribution in [2.45, 2.75) is 0 Å². The molecule has 1 amide bonds. The van der Waals surface area contributed by atoms with E-state index in [-0.39, 0.29) is 21.0 Å². The van der Waals surface area contributed by atoms with Crippen LogP contribution >= 0.6 is 34.7 Å². The fourth-order valence-corrected chi connectivity index (χ4v) is 2.12. The average Bonchev–Trinajstić information content (AvgIpc) is 2.61. The molecule has 0 radical (unpaired) electrons. The van der Waals surface area contributed by atoms with E-state index in [4.69, 9.17) is 23.2 Å². The highest BCUT2D eigenvalue weighted by Gasteiger charge is 2.17. The normalized spacial score (nSPS) is 10.1. The second-order valence-electron chi connectivity index (χ2n) is 2.79. The summed E-state index contributed by atoms with van der Waals surface area (Å²) in [6.07, 6.45) is 1.58. The van der Waals surface area contributed by atoms with Crippen LogP contribution in [0.25, 0.3) is 0 Å². The van der Waals surface area contributed by atoms with Crippen LogP contribution in [0.3, 0.4) is 0 Å². The summed E-state index contributed by atoms with van der Waals surface area (Å²) in [5.74, 6) is 0.0844. The molecule has 2 aromatic rings. The lowest BCUT2D eigenvalue weighted by atomic mass is 10.4. The number of halogens is 2. The van der Waals surface area contributed by atoms with Crippen LogP contribution in [0.15, 0.2) is 24.4 Å². The fraction of sp³-hybridized carbons (Fsp3) is 0. The van der Waals surface area contributed by atoms with Gasteiger partial charge in [-0.3, -0.25) is 4.79 Å². The standard InChI is InChI=1S/C9H5Cl2N3OS/c10-6-7(16-14-8(6)11)9(15)13-5-3-1-2-4-12-5/h1-4H,(H,12,13,15). The van der Waals surface area contributed by atoms with Crippen molar-refractivity contribution in [1.82, 2.24) is 9.36 Å². The minimum atomic E-state index is -0.367. The van der Waals surface area contributed by atoms with Crippen LogP contribution in [0.4, 0.5) is 5.82 Å². The molecule has 0 atom stereocenters. The summed E-state index contributed by atoms with van der Waals surface area (Å²) in [5.41, 5.74) is 0. The van der Waals surface area contributed by atoms with Gasteiger partial charge >= 0.3 is 0 Å². The molecule has 16 heavy (non-hydrogen) atoms. The Bertz CT molecular complexity index is 515. The summed E-state index contributed by atoms with van der Waals surface area (Å²) in [4.78, 5) is 16.0. The van der Waals surface area contributed by atoms with E-state index in [0.717, 1.165) is 11.5 Å². The maximum atomic E-state index is 11.7. The highest BCUT2D eigenvalue weighted by molar-refractivity contribution is 7.09. The molecule has 2 aromatic heterocycles. The van der Waals surface area contributed by atoms with Crippen molar-refractivity contribution in [3.63, 3.8) is 0 Å². The maximum Gasteiger partial charge on any atom is 0.270 e. The molecule has 4 nitrogen and oxygen atoms in total. The predicted octanol–water partition coefficient (Wildman–Crippen LogP) is 3.10. The Labute approximate surface area is 105 Å². The largest absolute Gasteiger partial charge is 0.306 e. The van der Waals surface area contributed by atoms with E-state index >= 15 is 0 Å². The third-order valence-electron chi connectivity index (χ3n) is 1.71. The van der Waals surface area contributed by atoms with Crippen molar-refractivity contribution in [1.29, 1.82) is 0 Å². The molecule has 0 aromatic carbocycles. The monoisotopic (exact) mass is 273 g/mol. The van der Waals surface area contributed by atoms with Gasteiger partial charge in [0.2, 0.25) is 0 Å². The number of amides is 1. The number of anilines is 1. The van der Waals surface area contributed by atoms with Gasteiger partial charge in [0.1, 0.15) is 15.7 Å². The summed E-state index contributed by atoms with van der Waals surface area (Å²) in [7, 11) is 0. The first-order valence-corrected chi connectivity index (χ1v) is 5.74. The van der Waals surface area contributed by atoms with Crippen LogP contribution in [0.5, 0.6) is 0 Å². The fourth-order valence-electron chi connectivity index (χ4n) is 1.01. The summed E-state index contributed by atoms with van der Waals surface area (Å²) in [5, 5.41) is 2.89. The Hall–Kier alpha value is -1.17. The van der Waals surface area contributed by atoms with E-state index in [2.05, 4.69) is 14.7 Å². The molecule has 2 heterocycles. The molecule has 0 aliphatic carbocycles. The average molecular weight is 274 g/mol. The van der Waals surface area contributed by atoms with Gasteiger partial charge in [0.05, 0.1) is 0 Å². The molecule has 0 fully saturated rings. The highest BCUT2D eigenvalue weighted by atomic mass is 35.5. The van der Waals surface area contributed by atoms with Crippen LogP contribution in [0, 0.1) is 0 Å². The summed E-state index contributed by atoms with van der Waals surface area (Å²) in [6.45, 7) is 0. The van der Waals surface area contributed by atoms with Gasteiger partial charge in [0.25, 0.3) is 5.91 Å². The van der Waals surface area contributed by atoms with Crippen LogP contribution in [0.2, 0.25) is 10.2 Å². The van der Waals surface area contributed by atoms with Crippen LogP contribution in [-0.2, 0) is 0 Å². The summed E-state index contributed by atoms with van der Waals surface area (Å²) < 4.78 is 3.77. The molecule has 82 valence electrons. The van der Waals surface area contributed by atoms with Crippen LogP contribution in [-0.4, -0.2) is 15.3 Å². The smallest absolute Gasteiger partial charge is 0.270 e. The molecule has 2 rings (SSSR count). The van der Waals surface area contributed by atoms with Gasteiger partial charge in [-0.15, -0.1) is 0 Å². The SMILES string of the molecule is O=C(Nc1ccccn1)c1snc(Cl)c1Cl. The summed E-state index contributed by atoms with van der Waals surface area (Å²) >= 11 is 12.4. The van der Waals surface area contributed by atoms with Gasteiger partial charge in [-0.2, -0.15) is 4.37 Å². The lowest BCUT2D eigenvalue weighted by Gasteiger charge is -2.01. The molecule has 7 heteroatoms. The Morgan fingerprint density at radius 1 is 1.38 bits per heavy atom. The van der Waals surface area contributed by atoms with Crippen molar-refractivity contribution in [3.05, 3.63) is 39.4 Å².